The van der Waals surface area contributed by atoms with Crippen LogP contribution in [0.15, 0.2) is 0 Å². The molecule has 4 nitrogen and oxygen atoms in total. The van der Waals surface area contributed by atoms with Gasteiger partial charge in [-0.3, -0.25) is 4.79 Å². The fourth-order valence-corrected chi connectivity index (χ4v) is 2.35. The van der Waals surface area contributed by atoms with Crippen molar-refractivity contribution < 1.29 is 9.53 Å². The van der Waals surface area contributed by atoms with Crippen LogP contribution in [-0.4, -0.2) is 49.7 Å². The zero-order chi connectivity index (χ0) is 10.7. The van der Waals surface area contributed by atoms with Crippen molar-refractivity contribution in [1.82, 2.24) is 10.2 Å². The standard InChI is InChI=1S/C11H20N2O2.ClH/c1-13(8-9-4-3-7-15-9)11(14)10-5-2-6-12-10;/h9-10,12H,2-8H2,1H3;1H/t9?,10-;/m0./s1. The number of rotatable bonds is 3. The molecule has 1 unspecified atom stereocenters. The lowest BCUT2D eigenvalue weighted by Gasteiger charge is -2.23. The average molecular weight is 249 g/mol. The second-order valence-corrected chi connectivity index (χ2v) is 4.50. The van der Waals surface area contributed by atoms with Gasteiger partial charge in [-0.15, -0.1) is 12.4 Å². The summed E-state index contributed by atoms with van der Waals surface area (Å²) < 4.78 is 5.52. The Bertz CT molecular complexity index is 226. The number of ether oxygens (including phenoxy) is 1. The molecular formula is C11H21ClN2O2. The Morgan fingerprint density at radius 1 is 1.44 bits per heavy atom. The molecule has 2 atom stereocenters. The minimum atomic E-state index is 0. The van der Waals surface area contributed by atoms with E-state index in [0.717, 1.165) is 45.4 Å². The van der Waals surface area contributed by atoms with Crippen molar-refractivity contribution in [3.05, 3.63) is 0 Å². The van der Waals surface area contributed by atoms with Gasteiger partial charge in [0.05, 0.1) is 12.1 Å². The lowest BCUT2D eigenvalue weighted by molar-refractivity contribution is -0.133. The normalized spacial score (nSPS) is 28.8. The van der Waals surface area contributed by atoms with E-state index >= 15 is 0 Å². The third-order valence-corrected chi connectivity index (χ3v) is 3.24. The number of halogens is 1. The summed E-state index contributed by atoms with van der Waals surface area (Å²) in [6.07, 6.45) is 4.59. The van der Waals surface area contributed by atoms with Crippen LogP contribution in [0.4, 0.5) is 0 Å². The summed E-state index contributed by atoms with van der Waals surface area (Å²) in [7, 11) is 1.88. The van der Waals surface area contributed by atoms with Crippen molar-refractivity contribution in [2.75, 3.05) is 26.7 Å². The first-order valence-corrected chi connectivity index (χ1v) is 5.87. The molecule has 16 heavy (non-hydrogen) atoms. The van der Waals surface area contributed by atoms with Gasteiger partial charge >= 0.3 is 0 Å². The van der Waals surface area contributed by atoms with Gasteiger partial charge in [-0.25, -0.2) is 0 Å². The van der Waals surface area contributed by atoms with Crippen molar-refractivity contribution in [1.29, 1.82) is 0 Å². The molecule has 0 aromatic rings. The van der Waals surface area contributed by atoms with Gasteiger partial charge < -0.3 is 15.0 Å². The summed E-state index contributed by atoms with van der Waals surface area (Å²) in [4.78, 5) is 13.8. The summed E-state index contributed by atoms with van der Waals surface area (Å²) in [6, 6.07) is 0.0522. The first-order valence-electron chi connectivity index (χ1n) is 5.87. The zero-order valence-corrected chi connectivity index (χ0v) is 10.6. The first kappa shape index (κ1) is 13.7. The molecule has 2 fully saturated rings. The minimum Gasteiger partial charge on any atom is -0.376 e. The highest BCUT2D eigenvalue weighted by Crippen LogP contribution is 2.14. The summed E-state index contributed by atoms with van der Waals surface area (Å²) in [5.41, 5.74) is 0. The maximum absolute atomic E-state index is 11.9. The monoisotopic (exact) mass is 248 g/mol. The fraction of sp³-hybridized carbons (Fsp3) is 0.909. The molecule has 2 rings (SSSR count). The third-order valence-electron chi connectivity index (χ3n) is 3.24. The molecule has 0 saturated carbocycles. The van der Waals surface area contributed by atoms with Crippen LogP contribution >= 0.6 is 12.4 Å². The van der Waals surface area contributed by atoms with E-state index in [0.29, 0.717) is 0 Å². The quantitative estimate of drug-likeness (QED) is 0.803. The number of nitrogens with one attached hydrogen (secondary N) is 1. The van der Waals surface area contributed by atoms with Crippen LogP contribution in [0.25, 0.3) is 0 Å². The summed E-state index contributed by atoms with van der Waals surface area (Å²) >= 11 is 0. The number of hydrogen-bond donors (Lipinski definition) is 1. The Balaban J connectivity index is 0.00000128. The molecule has 2 aliphatic rings. The van der Waals surface area contributed by atoms with Gasteiger partial charge in [-0.05, 0) is 32.2 Å². The number of carbonyl (C=O) groups excluding carboxylic acids is 1. The predicted octanol–water partition coefficient (Wildman–Crippen LogP) is 0.798. The van der Waals surface area contributed by atoms with Crippen molar-refractivity contribution in [2.24, 2.45) is 0 Å². The van der Waals surface area contributed by atoms with Crippen molar-refractivity contribution in [3.8, 4) is 0 Å². The predicted molar refractivity (Wildman–Crippen MR) is 64.9 cm³/mol. The molecule has 2 aliphatic heterocycles. The van der Waals surface area contributed by atoms with E-state index < -0.39 is 0 Å². The van der Waals surface area contributed by atoms with Gasteiger partial charge in [0.25, 0.3) is 0 Å². The smallest absolute Gasteiger partial charge is 0.239 e. The van der Waals surface area contributed by atoms with E-state index in [4.69, 9.17) is 4.74 Å². The van der Waals surface area contributed by atoms with E-state index in [9.17, 15) is 4.79 Å². The molecule has 94 valence electrons. The molecule has 1 N–H and O–H groups in total. The highest BCUT2D eigenvalue weighted by atomic mass is 35.5. The van der Waals surface area contributed by atoms with Crippen LogP contribution < -0.4 is 5.32 Å². The Morgan fingerprint density at radius 2 is 2.25 bits per heavy atom. The van der Waals surface area contributed by atoms with Crippen LogP contribution in [0, 0.1) is 0 Å². The van der Waals surface area contributed by atoms with Crippen LogP contribution in [0.3, 0.4) is 0 Å². The topological polar surface area (TPSA) is 41.6 Å². The van der Waals surface area contributed by atoms with E-state index in [1.807, 2.05) is 11.9 Å². The highest BCUT2D eigenvalue weighted by molar-refractivity contribution is 5.85. The van der Waals surface area contributed by atoms with Gasteiger partial charge in [0, 0.05) is 20.2 Å². The van der Waals surface area contributed by atoms with Gasteiger partial charge in [-0.2, -0.15) is 0 Å². The Kier molecular flexibility index (Phi) is 5.52. The van der Waals surface area contributed by atoms with Gasteiger partial charge in [0.2, 0.25) is 5.91 Å². The largest absolute Gasteiger partial charge is 0.376 e. The summed E-state index contributed by atoms with van der Waals surface area (Å²) in [5.74, 6) is 0.225. The third kappa shape index (κ3) is 3.34. The van der Waals surface area contributed by atoms with E-state index in [1.54, 1.807) is 0 Å². The average Bonchev–Trinajstić information content (AvgIpc) is 2.88. The van der Waals surface area contributed by atoms with Crippen molar-refractivity contribution >= 4 is 18.3 Å². The first-order chi connectivity index (χ1) is 7.27. The molecule has 0 radical (unpaired) electrons. The Morgan fingerprint density at radius 3 is 2.81 bits per heavy atom. The zero-order valence-electron chi connectivity index (χ0n) is 9.78. The van der Waals surface area contributed by atoms with E-state index in [2.05, 4.69) is 5.32 Å². The lowest BCUT2D eigenvalue weighted by atomic mass is 10.2. The second kappa shape index (κ2) is 6.42. The van der Waals surface area contributed by atoms with Gasteiger partial charge in [-0.1, -0.05) is 0 Å². The lowest BCUT2D eigenvalue weighted by Crippen LogP contribution is -2.44. The number of likely N-dealkylation sites (N-methyl/N-ethyl adjacent to an activating group) is 1. The second-order valence-electron chi connectivity index (χ2n) is 4.50. The molecule has 0 aromatic heterocycles. The Hall–Kier alpha value is -0.320. The minimum absolute atomic E-state index is 0. The molecule has 2 heterocycles. The van der Waals surface area contributed by atoms with Gasteiger partial charge in [0.1, 0.15) is 0 Å². The maximum Gasteiger partial charge on any atom is 0.239 e. The Labute approximate surface area is 103 Å². The van der Waals surface area contributed by atoms with Crippen LogP contribution in [0.5, 0.6) is 0 Å². The van der Waals surface area contributed by atoms with Crippen LogP contribution in [0.2, 0.25) is 0 Å². The molecule has 0 bridgehead atoms. The van der Waals surface area contributed by atoms with Crippen LogP contribution in [-0.2, 0) is 9.53 Å². The van der Waals surface area contributed by atoms with Crippen molar-refractivity contribution in [2.45, 2.75) is 37.8 Å². The summed E-state index contributed by atoms with van der Waals surface area (Å²) in [5, 5.41) is 3.23. The van der Waals surface area contributed by atoms with E-state index in [1.165, 1.54) is 0 Å². The molecule has 0 aromatic carbocycles. The summed E-state index contributed by atoms with van der Waals surface area (Å²) in [6.45, 7) is 2.58. The molecule has 0 aliphatic carbocycles. The van der Waals surface area contributed by atoms with Gasteiger partial charge in [0.15, 0.2) is 0 Å². The SMILES string of the molecule is CN(CC1CCCO1)C(=O)[C@@H]1CCCN1.Cl. The molecule has 2 saturated heterocycles. The highest BCUT2D eigenvalue weighted by Gasteiger charge is 2.27. The molecular weight excluding hydrogens is 228 g/mol. The van der Waals surface area contributed by atoms with E-state index in [-0.39, 0.29) is 30.5 Å². The fourth-order valence-electron chi connectivity index (χ4n) is 2.35. The van der Waals surface area contributed by atoms with Crippen LogP contribution in [0.1, 0.15) is 25.7 Å². The number of amides is 1. The number of carbonyl (C=O) groups is 1. The number of nitrogens with zero attached hydrogens (tertiary/aromatic N) is 1. The van der Waals surface area contributed by atoms with Crippen molar-refractivity contribution in [3.63, 3.8) is 0 Å². The maximum atomic E-state index is 11.9. The molecule has 0 spiro atoms. The molecule has 1 amide bonds. The molecule has 5 heteroatoms. The number of hydrogen-bond acceptors (Lipinski definition) is 3.